The van der Waals surface area contributed by atoms with Crippen molar-refractivity contribution in [3.05, 3.63) is 84.3 Å². The number of nitrogens with zero attached hydrogens (tertiary/aromatic N) is 4. The molecule has 2 amide bonds. The maximum atomic E-state index is 14.0. The fourth-order valence-electron chi connectivity index (χ4n) is 5.43. The van der Waals surface area contributed by atoms with Crippen LogP contribution in [0.1, 0.15) is 11.3 Å². The summed E-state index contributed by atoms with van der Waals surface area (Å²) in [5, 5.41) is 2.07. The van der Waals surface area contributed by atoms with Crippen molar-refractivity contribution >= 4 is 46.2 Å². The number of para-hydroxylation sites is 1. The molecule has 0 bridgehead atoms. The van der Waals surface area contributed by atoms with E-state index in [4.69, 9.17) is 9.72 Å². The van der Waals surface area contributed by atoms with Gasteiger partial charge >= 0.3 is 6.09 Å². The zero-order chi connectivity index (χ0) is 25.6. The van der Waals surface area contributed by atoms with Crippen LogP contribution in [0.4, 0.5) is 16.3 Å². The van der Waals surface area contributed by atoms with Gasteiger partial charge < -0.3 is 19.3 Å². The zero-order valence-corrected chi connectivity index (χ0v) is 21.3. The lowest BCUT2D eigenvalue weighted by molar-refractivity contribution is -0.128. The molecule has 2 aromatic carbocycles. The van der Waals surface area contributed by atoms with Gasteiger partial charge in [-0.3, -0.25) is 9.78 Å². The molecular weight excluding hydrogens is 486 g/mol. The average molecular weight is 512 g/mol. The second-order valence-electron chi connectivity index (χ2n) is 9.22. The van der Waals surface area contributed by atoms with Gasteiger partial charge in [-0.05, 0) is 29.1 Å². The molecule has 1 N–H and O–H groups in total. The van der Waals surface area contributed by atoms with Crippen molar-refractivity contribution in [2.24, 2.45) is 0 Å². The maximum Gasteiger partial charge on any atom is 0.409 e. The van der Waals surface area contributed by atoms with E-state index in [9.17, 15) is 9.59 Å². The van der Waals surface area contributed by atoms with Crippen molar-refractivity contribution in [2.45, 2.75) is 12.0 Å². The third kappa shape index (κ3) is 3.69. The number of anilines is 2. The lowest BCUT2D eigenvalue weighted by Crippen LogP contribution is -2.65. The van der Waals surface area contributed by atoms with Crippen LogP contribution in [0.5, 0.6) is 0 Å². The third-order valence-corrected chi connectivity index (χ3v) is 7.58. The van der Waals surface area contributed by atoms with Crippen molar-refractivity contribution in [2.75, 3.05) is 36.1 Å². The Morgan fingerprint density at radius 2 is 1.84 bits per heavy atom. The van der Waals surface area contributed by atoms with Crippen molar-refractivity contribution in [1.82, 2.24) is 14.9 Å². The molecule has 1 spiro atoms. The van der Waals surface area contributed by atoms with Gasteiger partial charge in [0.2, 0.25) is 5.91 Å². The Kier molecular flexibility index (Phi) is 5.72. The number of carbonyl (C=O) groups excluding carboxylic acids is 2. The highest BCUT2D eigenvalue weighted by molar-refractivity contribution is 7.99. The summed E-state index contributed by atoms with van der Waals surface area (Å²) < 4.78 is 8.02. The molecule has 0 atom stereocenters. The third-order valence-electron chi connectivity index (χ3n) is 7.16. The molecule has 37 heavy (non-hydrogen) atoms. The summed E-state index contributed by atoms with van der Waals surface area (Å²) in [7, 11) is 1.36. The normalized spacial score (nSPS) is 15.6. The van der Waals surface area contributed by atoms with Crippen LogP contribution >= 0.6 is 11.9 Å². The molecule has 9 heteroatoms. The predicted octanol–water partition coefficient (Wildman–Crippen LogP) is 4.85. The fourth-order valence-corrected chi connectivity index (χ4v) is 5.76. The fraction of sp³-hybridized carbons (Fsp3) is 0.214. The first-order chi connectivity index (χ1) is 18.1. The molecule has 0 saturated carbocycles. The van der Waals surface area contributed by atoms with Crippen LogP contribution in [0.15, 0.2) is 73.1 Å². The van der Waals surface area contributed by atoms with E-state index in [2.05, 4.69) is 15.8 Å². The molecule has 186 valence electrons. The first kappa shape index (κ1) is 23.3. The number of ether oxygens (including phenoxy) is 1. The average Bonchev–Trinajstić information content (AvgIpc) is 3.16. The number of pyridine rings is 2. The Balaban J connectivity index is 1.42. The molecule has 2 aliphatic heterocycles. The summed E-state index contributed by atoms with van der Waals surface area (Å²) in [5.41, 5.74) is 3.72. The van der Waals surface area contributed by atoms with Gasteiger partial charge in [0.1, 0.15) is 11.2 Å². The van der Waals surface area contributed by atoms with Crippen LogP contribution < -0.4 is 9.62 Å². The van der Waals surface area contributed by atoms with Crippen LogP contribution in [0.3, 0.4) is 0 Å². The molecule has 2 aliphatic rings. The largest absolute Gasteiger partial charge is 0.453 e. The number of benzene rings is 2. The number of hydrogen-bond donors (Lipinski definition) is 1. The van der Waals surface area contributed by atoms with Crippen LogP contribution in [-0.2, 0) is 21.5 Å². The van der Waals surface area contributed by atoms with Gasteiger partial charge in [-0.25, -0.2) is 9.78 Å². The summed E-state index contributed by atoms with van der Waals surface area (Å²) in [6.45, 7) is 0.913. The number of amides is 2. The molecular formula is C28H25N5O3S. The molecule has 0 unspecified atom stereocenters. The Morgan fingerprint density at radius 3 is 2.59 bits per heavy atom. The van der Waals surface area contributed by atoms with E-state index >= 15 is 0 Å². The molecule has 4 aromatic rings. The molecule has 2 aromatic heterocycles. The number of carbonyl (C=O) groups is 2. The zero-order valence-electron chi connectivity index (χ0n) is 20.5. The van der Waals surface area contributed by atoms with Gasteiger partial charge in [-0.2, -0.15) is 0 Å². The molecule has 0 radical (unpaired) electrons. The SMILES string of the molecule is COC(=O)N1CC2(C1)C(=O)N(Cc1ncc3ccccc3c1-c1ccc(NSC)nc1)c1ccccc12. The van der Waals surface area contributed by atoms with Gasteiger partial charge in [-0.1, -0.05) is 54.4 Å². The van der Waals surface area contributed by atoms with E-state index in [0.29, 0.717) is 19.6 Å². The Labute approximate surface area is 218 Å². The van der Waals surface area contributed by atoms with Crippen molar-refractivity contribution in [3.8, 4) is 11.1 Å². The maximum absolute atomic E-state index is 14.0. The molecule has 8 nitrogen and oxygen atoms in total. The lowest BCUT2D eigenvalue weighted by atomic mass is 9.75. The highest BCUT2D eigenvalue weighted by atomic mass is 32.2. The van der Waals surface area contributed by atoms with Crippen molar-refractivity contribution in [1.29, 1.82) is 0 Å². The Bertz CT molecular complexity index is 1520. The molecule has 1 saturated heterocycles. The molecule has 0 aliphatic carbocycles. The summed E-state index contributed by atoms with van der Waals surface area (Å²) in [5.74, 6) is 0.754. The predicted molar refractivity (Wildman–Crippen MR) is 145 cm³/mol. The van der Waals surface area contributed by atoms with Crippen LogP contribution in [0.2, 0.25) is 0 Å². The molecule has 1 fully saturated rings. The second kappa shape index (κ2) is 9.08. The summed E-state index contributed by atoms with van der Waals surface area (Å²) in [6, 6.07) is 19.9. The summed E-state index contributed by atoms with van der Waals surface area (Å²) in [4.78, 5) is 38.8. The van der Waals surface area contributed by atoms with E-state index in [-0.39, 0.29) is 5.91 Å². The van der Waals surface area contributed by atoms with Gasteiger partial charge in [0.05, 0.1) is 19.3 Å². The number of rotatable bonds is 5. The minimum absolute atomic E-state index is 0.0209. The van der Waals surface area contributed by atoms with Gasteiger partial charge in [-0.15, -0.1) is 0 Å². The lowest BCUT2D eigenvalue weighted by Gasteiger charge is -2.45. The van der Waals surface area contributed by atoms with E-state index in [1.165, 1.54) is 19.1 Å². The van der Waals surface area contributed by atoms with Gasteiger partial charge in [0, 0.05) is 53.9 Å². The number of fused-ring (bicyclic) bond motifs is 3. The smallest absolute Gasteiger partial charge is 0.409 e. The topological polar surface area (TPSA) is 87.7 Å². The van der Waals surface area contributed by atoms with E-state index in [1.807, 2.05) is 78.1 Å². The van der Waals surface area contributed by atoms with Crippen LogP contribution in [0.25, 0.3) is 21.9 Å². The number of aromatic nitrogens is 2. The second-order valence-corrected chi connectivity index (χ2v) is 9.83. The first-order valence-electron chi connectivity index (χ1n) is 11.9. The quantitative estimate of drug-likeness (QED) is 0.383. The monoisotopic (exact) mass is 511 g/mol. The number of nitrogens with one attached hydrogen (secondary N) is 1. The van der Waals surface area contributed by atoms with Gasteiger partial charge in [0.15, 0.2) is 0 Å². The first-order valence-corrected chi connectivity index (χ1v) is 13.1. The van der Waals surface area contributed by atoms with E-state index < -0.39 is 11.5 Å². The number of hydrogen-bond acceptors (Lipinski definition) is 7. The highest BCUT2D eigenvalue weighted by Gasteiger charge is 2.59. The standard InChI is InChI=1S/C28H25N5O3S/c1-36-27(35)32-16-28(17-32)21-9-5-6-10-23(21)33(26(28)34)15-22-25(19-11-12-24(30-14-19)31-37-2)20-8-4-3-7-18(20)13-29-22/h3-14H,15-17H2,1-2H3,(H,30,31). The highest BCUT2D eigenvalue weighted by Crippen LogP contribution is 2.48. The van der Waals surface area contributed by atoms with Crippen LogP contribution in [-0.4, -0.2) is 53.3 Å². The number of methoxy groups -OCH3 is 1. The van der Waals surface area contributed by atoms with Crippen molar-refractivity contribution < 1.29 is 14.3 Å². The number of likely N-dealkylation sites (tertiary alicyclic amines) is 1. The Hall–Kier alpha value is -4.11. The minimum atomic E-state index is -0.755. The summed E-state index contributed by atoms with van der Waals surface area (Å²) >= 11 is 1.49. The van der Waals surface area contributed by atoms with E-state index in [1.54, 1.807) is 4.90 Å². The van der Waals surface area contributed by atoms with Gasteiger partial charge in [0.25, 0.3) is 0 Å². The minimum Gasteiger partial charge on any atom is -0.453 e. The van der Waals surface area contributed by atoms with E-state index in [0.717, 1.165) is 44.7 Å². The molecule has 6 rings (SSSR count). The van der Waals surface area contributed by atoms with Crippen LogP contribution in [0, 0.1) is 0 Å². The Morgan fingerprint density at radius 1 is 1.05 bits per heavy atom. The van der Waals surface area contributed by atoms with Crippen molar-refractivity contribution in [3.63, 3.8) is 0 Å². The summed E-state index contributed by atoms with van der Waals surface area (Å²) in [6.07, 6.45) is 5.23. The molecule has 4 heterocycles.